The Morgan fingerprint density at radius 3 is 3.05 bits per heavy atom. The maximum absolute atomic E-state index is 12.3. The molecule has 114 valence electrons. The van der Waals surface area contributed by atoms with E-state index in [-0.39, 0.29) is 11.9 Å². The van der Waals surface area contributed by atoms with E-state index in [0.717, 1.165) is 16.5 Å². The summed E-state index contributed by atoms with van der Waals surface area (Å²) < 4.78 is 2.73. The number of carbonyl (C=O) groups is 1. The SMILES string of the molecule is CC[C@H](NC(=O)c1csc(SC)n1)c1cn2cccnc2n1. The van der Waals surface area contributed by atoms with Crippen LogP contribution in [0.1, 0.15) is 35.6 Å². The second-order valence-electron chi connectivity index (χ2n) is 4.63. The number of hydrogen-bond donors (Lipinski definition) is 1. The van der Waals surface area contributed by atoms with Crippen LogP contribution in [-0.2, 0) is 0 Å². The summed E-state index contributed by atoms with van der Waals surface area (Å²) in [5, 5.41) is 4.77. The van der Waals surface area contributed by atoms with Gasteiger partial charge >= 0.3 is 0 Å². The minimum atomic E-state index is -0.173. The second-order valence-corrected chi connectivity index (χ2v) is 6.54. The quantitative estimate of drug-likeness (QED) is 0.727. The van der Waals surface area contributed by atoms with Gasteiger partial charge in [-0.05, 0) is 18.7 Å². The number of aromatic nitrogens is 4. The molecule has 1 amide bonds. The second kappa shape index (κ2) is 6.45. The fourth-order valence-electron chi connectivity index (χ4n) is 2.09. The minimum absolute atomic E-state index is 0.159. The highest BCUT2D eigenvalue weighted by molar-refractivity contribution is 8.00. The van der Waals surface area contributed by atoms with Gasteiger partial charge in [0.25, 0.3) is 5.91 Å². The normalized spacial score (nSPS) is 12.5. The lowest BCUT2D eigenvalue weighted by molar-refractivity contribution is 0.0930. The van der Waals surface area contributed by atoms with Crippen molar-refractivity contribution in [1.29, 1.82) is 0 Å². The molecule has 0 bridgehead atoms. The van der Waals surface area contributed by atoms with E-state index < -0.39 is 0 Å². The Bertz CT molecular complexity index is 764. The molecule has 0 unspecified atom stereocenters. The first-order valence-corrected chi connectivity index (χ1v) is 8.91. The minimum Gasteiger partial charge on any atom is -0.342 e. The number of amides is 1. The van der Waals surface area contributed by atoms with Crippen LogP contribution in [0.4, 0.5) is 0 Å². The summed E-state index contributed by atoms with van der Waals surface area (Å²) in [5.74, 6) is 0.456. The van der Waals surface area contributed by atoms with E-state index >= 15 is 0 Å². The lowest BCUT2D eigenvalue weighted by Crippen LogP contribution is -2.28. The summed E-state index contributed by atoms with van der Waals surface area (Å²) in [4.78, 5) is 25.3. The number of carbonyl (C=O) groups excluding carboxylic acids is 1. The molecule has 3 heterocycles. The van der Waals surface area contributed by atoms with Gasteiger partial charge in [-0.2, -0.15) is 0 Å². The molecule has 0 aliphatic rings. The molecule has 0 aliphatic heterocycles. The molecule has 6 nitrogen and oxygen atoms in total. The third kappa shape index (κ3) is 2.97. The number of fused-ring (bicyclic) bond motifs is 1. The predicted octanol–water partition coefficient (Wildman–Crippen LogP) is 2.79. The summed E-state index contributed by atoms with van der Waals surface area (Å²) >= 11 is 3.01. The highest BCUT2D eigenvalue weighted by Gasteiger charge is 2.19. The van der Waals surface area contributed by atoms with Crippen LogP contribution in [0.5, 0.6) is 0 Å². The molecule has 0 fully saturated rings. The van der Waals surface area contributed by atoms with Crippen molar-refractivity contribution in [1.82, 2.24) is 24.7 Å². The fraction of sp³-hybridized carbons (Fsp3) is 0.286. The lowest BCUT2D eigenvalue weighted by atomic mass is 10.1. The summed E-state index contributed by atoms with van der Waals surface area (Å²) in [6.07, 6.45) is 8.17. The van der Waals surface area contributed by atoms with Gasteiger partial charge in [0.15, 0.2) is 0 Å². The molecule has 0 aromatic carbocycles. The van der Waals surface area contributed by atoms with Crippen LogP contribution in [0.2, 0.25) is 0 Å². The van der Waals surface area contributed by atoms with E-state index in [1.165, 1.54) is 23.1 Å². The average Bonchev–Trinajstić information content (AvgIpc) is 3.18. The summed E-state index contributed by atoms with van der Waals surface area (Å²) in [6, 6.07) is 1.69. The zero-order chi connectivity index (χ0) is 15.5. The van der Waals surface area contributed by atoms with Crippen LogP contribution >= 0.6 is 23.1 Å². The van der Waals surface area contributed by atoms with Gasteiger partial charge in [0.05, 0.1) is 11.7 Å². The highest BCUT2D eigenvalue weighted by atomic mass is 32.2. The van der Waals surface area contributed by atoms with E-state index in [2.05, 4.69) is 20.3 Å². The molecule has 3 rings (SSSR count). The zero-order valence-corrected chi connectivity index (χ0v) is 13.8. The molecule has 0 saturated carbocycles. The average molecular weight is 333 g/mol. The van der Waals surface area contributed by atoms with E-state index in [1.807, 2.05) is 36.0 Å². The van der Waals surface area contributed by atoms with Crippen LogP contribution in [0.3, 0.4) is 0 Å². The van der Waals surface area contributed by atoms with Crippen molar-refractivity contribution >= 4 is 34.8 Å². The molecule has 0 radical (unpaired) electrons. The van der Waals surface area contributed by atoms with Gasteiger partial charge in [-0.25, -0.2) is 15.0 Å². The molecule has 1 N–H and O–H groups in total. The number of imidazole rings is 1. The smallest absolute Gasteiger partial charge is 0.271 e. The number of hydrogen-bond acceptors (Lipinski definition) is 6. The van der Waals surface area contributed by atoms with Crippen LogP contribution < -0.4 is 5.32 Å². The first-order valence-electron chi connectivity index (χ1n) is 6.81. The molecule has 0 spiro atoms. The van der Waals surface area contributed by atoms with Gasteiger partial charge in [-0.15, -0.1) is 11.3 Å². The first-order chi connectivity index (χ1) is 10.7. The topological polar surface area (TPSA) is 72.2 Å². The fourth-order valence-corrected chi connectivity index (χ4v) is 3.33. The highest BCUT2D eigenvalue weighted by Crippen LogP contribution is 2.21. The Hall–Kier alpha value is -1.93. The van der Waals surface area contributed by atoms with Crippen molar-refractivity contribution in [3.05, 3.63) is 41.4 Å². The predicted molar refractivity (Wildman–Crippen MR) is 87.4 cm³/mol. The molecule has 8 heteroatoms. The summed E-state index contributed by atoms with van der Waals surface area (Å²) in [6.45, 7) is 2.01. The molecular formula is C14H15N5OS2. The van der Waals surface area contributed by atoms with E-state index in [1.54, 1.807) is 11.6 Å². The largest absolute Gasteiger partial charge is 0.342 e. The van der Waals surface area contributed by atoms with E-state index in [9.17, 15) is 4.79 Å². The number of nitrogens with one attached hydrogen (secondary N) is 1. The molecule has 0 aliphatic carbocycles. The Morgan fingerprint density at radius 1 is 1.50 bits per heavy atom. The Labute approximate surface area is 136 Å². The van der Waals surface area contributed by atoms with Gasteiger partial charge in [-0.1, -0.05) is 18.7 Å². The van der Waals surface area contributed by atoms with Crippen molar-refractivity contribution in [2.24, 2.45) is 0 Å². The van der Waals surface area contributed by atoms with Crippen LogP contribution in [0.25, 0.3) is 5.78 Å². The molecule has 3 aromatic heterocycles. The van der Waals surface area contributed by atoms with Crippen LogP contribution in [0.15, 0.2) is 34.4 Å². The van der Waals surface area contributed by atoms with Gasteiger partial charge in [0.2, 0.25) is 5.78 Å². The third-order valence-electron chi connectivity index (χ3n) is 3.22. The number of thioether (sulfide) groups is 1. The van der Waals surface area contributed by atoms with E-state index in [0.29, 0.717) is 11.5 Å². The van der Waals surface area contributed by atoms with Gasteiger partial charge in [-0.3, -0.25) is 9.20 Å². The molecule has 22 heavy (non-hydrogen) atoms. The Morgan fingerprint density at radius 2 is 2.36 bits per heavy atom. The van der Waals surface area contributed by atoms with Crippen molar-refractivity contribution in [3.8, 4) is 0 Å². The van der Waals surface area contributed by atoms with Crippen molar-refractivity contribution in [2.45, 2.75) is 23.7 Å². The number of nitrogens with zero attached hydrogens (tertiary/aromatic N) is 4. The van der Waals surface area contributed by atoms with Crippen molar-refractivity contribution < 1.29 is 4.79 Å². The molecular weight excluding hydrogens is 318 g/mol. The lowest BCUT2D eigenvalue weighted by Gasteiger charge is -2.13. The molecule has 3 aromatic rings. The summed E-state index contributed by atoms with van der Waals surface area (Å²) in [7, 11) is 0. The van der Waals surface area contributed by atoms with Crippen molar-refractivity contribution in [2.75, 3.05) is 6.26 Å². The first kappa shape index (κ1) is 15.0. The third-order valence-corrected chi connectivity index (χ3v) is 5.08. The van der Waals surface area contributed by atoms with E-state index in [4.69, 9.17) is 0 Å². The Balaban J connectivity index is 1.80. The van der Waals surface area contributed by atoms with Gasteiger partial charge in [0, 0.05) is 24.0 Å². The summed E-state index contributed by atoms with van der Waals surface area (Å²) in [5.41, 5.74) is 1.25. The standard InChI is InChI=1S/C14H15N5OS2/c1-3-9(10-7-19-6-4-5-15-13(19)17-10)16-12(20)11-8-22-14(18-11)21-2/h4-9H,3H2,1-2H3,(H,16,20)/t9-/m0/s1. The van der Waals surface area contributed by atoms with Gasteiger partial charge < -0.3 is 5.32 Å². The Kier molecular flexibility index (Phi) is 4.39. The van der Waals surface area contributed by atoms with Gasteiger partial charge in [0.1, 0.15) is 10.0 Å². The van der Waals surface area contributed by atoms with Crippen LogP contribution in [0, 0.1) is 0 Å². The van der Waals surface area contributed by atoms with Crippen LogP contribution in [-0.4, -0.2) is 31.5 Å². The van der Waals surface area contributed by atoms with Crippen molar-refractivity contribution in [3.63, 3.8) is 0 Å². The molecule has 1 atom stereocenters. The maximum atomic E-state index is 12.3. The zero-order valence-electron chi connectivity index (χ0n) is 12.2. The monoisotopic (exact) mass is 333 g/mol. The number of thiazole rings is 1. The number of rotatable bonds is 5. The maximum Gasteiger partial charge on any atom is 0.271 e. The molecule has 0 saturated heterocycles.